The Balaban J connectivity index is 4.99. The third-order valence-electron chi connectivity index (χ3n) is 5.70. The molecule has 0 rings (SSSR count). The lowest BCUT2D eigenvalue weighted by atomic mass is 9.75. The lowest BCUT2D eigenvalue weighted by molar-refractivity contribution is -0.153. The number of nitrogens with one attached hydrogen (secondary N) is 1. The number of aliphatic carboxylic acids is 1. The van der Waals surface area contributed by atoms with Crippen LogP contribution >= 0.6 is 0 Å². The molecule has 2 atom stereocenters. The number of methoxy groups -OCH3 is 2. The molecule has 1 amide bonds. The zero-order chi connectivity index (χ0) is 23.2. The molecular weight excluding hydrogens is 382 g/mol. The van der Waals surface area contributed by atoms with Gasteiger partial charge in [0.2, 0.25) is 5.91 Å². The first kappa shape index (κ1) is 28.9. The molecule has 0 aliphatic carbocycles. The predicted octanol–water partition coefficient (Wildman–Crippen LogP) is 5.54. The largest absolute Gasteiger partial charge is 0.481 e. The maximum Gasteiger partial charge on any atom is 0.310 e. The Morgan fingerprint density at radius 2 is 1.47 bits per heavy atom. The van der Waals surface area contributed by atoms with Crippen LogP contribution in [0.4, 0.5) is 0 Å². The molecule has 0 bridgehead atoms. The molecule has 0 saturated carbocycles. The summed E-state index contributed by atoms with van der Waals surface area (Å²) < 4.78 is 11.0. The van der Waals surface area contributed by atoms with Crippen molar-refractivity contribution < 1.29 is 24.2 Å². The molecule has 0 aliphatic rings. The molecule has 0 saturated heterocycles. The average Bonchev–Trinajstić information content (AvgIpc) is 2.64. The third kappa shape index (κ3) is 11.3. The summed E-state index contributed by atoms with van der Waals surface area (Å²) in [6.07, 6.45) is 8.75. The molecular formula is C24H47NO5. The van der Waals surface area contributed by atoms with Crippen LogP contribution in [0.25, 0.3) is 0 Å². The van der Waals surface area contributed by atoms with Crippen molar-refractivity contribution in [2.75, 3.05) is 14.2 Å². The second-order valence-electron chi connectivity index (χ2n) is 9.65. The number of carboxylic acids is 1. The smallest absolute Gasteiger partial charge is 0.310 e. The summed E-state index contributed by atoms with van der Waals surface area (Å²) in [6.45, 7) is 9.90. The summed E-state index contributed by atoms with van der Waals surface area (Å²) >= 11 is 0. The Morgan fingerprint density at radius 3 is 1.90 bits per heavy atom. The minimum Gasteiger partial charge on any atom is -0.481 e. The van der Waals surface area contributed by atoms with Crippen LogP contribution < -0.4 is 5.32 Å². The van der Waals surface area contributed by atoms with E-state index in [2.05, 4.69) is 12.2 Å². The number of hydrogen-bond acceptors (Lipinski definition) is 4. The van der Waals surface area contributed by atoms with Crippen molar-refractivity contribution in [2.24, 2.45) is 11.3 Å². The van der Waals surface area contributed by atoms with Crippen molar-refractivity contribution >= 4 is 11.9 Å². The molecule has 0 aromatic heterocycles. The average molecular weight is 430 g/mol. The topological polar surface area (TPSA) is 84.9 Å². The quantitative estimate of drug-likeness (QED) is 0.234. The lowest BCUT2D eigenvalue weighted by Crippen LogP contribution is -2.44. The number of rotatable bonds is 17. The Morgan fingerprint density at radius 1 is 0.900 bits per heavy atom. The minimum absolute atomic E-state index is 0.0339. The maximum atomic E-state index is 12.5. The van der Waals surface area contributed by atoms with Gasteiger partial charge in [0.1, 0.15) is 0 Å². The van der Waals surface area contributed by atoms with E-state index in [1.165, 1.54) is 12.8 Å². The molecule has 0 heterocycles. The third-order valence-corrected chi connectivity index (χ3v) is 5.70. The number of unbranched alkanes of at least 4 members (excludes halogenated alkanes) is 3. The van der Waals surface area contributed by atoms with Gasteiger partial charge in [0.05, 0.1) is 5.41 Å². The van der Waals surface area contributed by atoms with Crippen LogP contribution in [0.3, 0.4) is 0 Å². The Hall–Kier alpha value is -1.14. The van der Waals surface area contributed by atoms with Crippen LogP contribution in [0.2, 0.25) is 0 Å². The number of ether oxygens (including phenoxy) is 2. The van der Waals surface area contributed by atoms with E-state index in [4.69, 9.17) is 9.47 Å². The number of carbonyl (C=O) groups excluding carboxylic acids is 1. The Bertz CT molecular complexity index is 484. The maximum absolute atomic E-state index is 12.5. The van der Waals surface area contributed by atoms with Crippen molar-refractivity contribution in [1.82, 2.24) is 5.32 Å². The van der Waals surface area contributed by atoms with Crippen molar-refractivity contribution in [2.45, 2.75) is 117 Å². The highest BCUT2D eigenvalue weighted by Gasteiger charge is 2.39. The van der Waals surface area contributed by atoms with Crippen LogP contribution in [-0.2, 0) is 19.1 Å². The standard InChI is InChI=1S/C24H47NO5/c1-8-10-11-14-19(21(29-6)30-7)15-12-13-17-24(16-9-2,22(27)28)18-20(26)25-23(3,4)5/h19,21H,8-18H2,1-7H3,(H,25,26)(H,27,28). The molecule has 0 radical (unpaired) electrons. The number of carboxylic acid groups (broad SMARTS) is 1. The van der Waals surface area contributed by atoms with E-state index in [0.717, 1.165) is 38.5 Å². The van der Waals surface area contributed by atoms with Gasteiger partial charge in [-0.25, -0.2) is 0 Å². The molecule has 0 aromatic rings. The van der Waals surface area contributed by atoms with E-state index in [-0.39, 0.29) is 24.2 Å². The van der Waals surface area contributed by atoms with E-state index >= 15 is 0 Å². The highest BCUT2D eigenvalue weighted by Crippen LogP contribution is 2.36. The monoisotopic (exact) mass is 429 g/mol. The van der Waals surface area contributed by atoms with E-state index in [1.54, 1.807) is 14.2 Å². The van der Waals surface area contributed by atoms with E-state index < -0.39 is 11.4 Å². The van der Waals surface area contributed by atoms with Crippen LogP contribution in [0.15, 0.2) is 0 Å². The number of amides is 1. The zero-order valence-corrected chi connectivity index (χ0v) is 20.5. The van der Waals surface area contributed by atoms with Gasteiger partial charge in [-0.3, -0.25) is 9.59 Å². The summed E-state index contributed by atoms with van der Waals surface area (Å²) in [5, 5.41) is 12.9. The molecule has 0 spiro atoms. The molecule has 30 heavy (non-hydrogen) atoms. The van der Waals surface area contributed by atoms with Gasteiger partial charge in [-0.2, -0.15) is 0 Å². The van der Waals surface area contributed by atoms with Gasteiger partial charge in [0, 0.05) is 32.1 Å². The highest BCUT2D eigenvalue weighted by molar-refractivity contribution is 5.85. The van der Waals surface area contributed by atoms with Gasteiger partial charge in [-0.15, -0.1) is 0 Å². The normalized spacial score (nSPS) is 15.1. The molecule has 2 N–H and O–H groups in total. The van der Waals surface area contributed by atoms with Crippen molar-refractivity contribution in [3.05, 3.63) is 0 Å². The molecule has 6 heteroatoms. The molecule has 6 nitrogen and oxygen atoms in total. The summed E-state index contributed by atoms with van der Waals surface area (Å²) in [7, 11) is 3.34. The first-order chi connectivity index (χ1) is 14.0. The van der Waals surface area contributed by atoms with Gasteiger partial charge < -0.3 is 19.9 Å². The molecule has 0 fully saturated rings. The summed E-state index contributed by atoms with van der Waals surface area (Å²) in [4.78, 5) is 24.7. The van der Waals surface area contributed by atoms with Crippen LogP contribution in [0.5, 0.6) is 0 Å². The van der Waals surface area contributed by atoms with Gasteiger partial charge >= 0.3 is 5.97 Å². The zero-order valence-electron chi connectivity index (χ0n) is 20.5. The van der Waals surface area contributed by atoms with Gasteiger partial charge in [0.25, 0.3) is 0 Å². The summed E-state index contributed by atoms with van der Waals surface area (Å²) in [6, 6.07) is 0. The Kier molecular flexibility index (Phi) is 14.2. The Labute approximate surface area is 184 Å². The van der Waals surface area contributed by atoms with Crippen LogP contribution in [0.1, 0.15) is 105 Å². The van der Waals surface area contributed by atoms with Gasteiger partial charge in [0.15, 0.2) is 6.29 Å². The summed E-state index contributed by atoms with van der Waals surface area (Å²) in [5.41, 5.74) is -1.36. The summed E-state index contributed by atoms with van der Waals surface area (Å²) in [5.74, 6) is -0.740. The minimum atomic E-state index is -0.996. The molecule has 2 unspecified atom stereocenters. The van der Waals surface area contributed by atoms with Gasteiger partial charge in [-0.1, -0.05) is 52.4 Å². The van der Waals surface area contributed by atoms with Crippen LogP contribution in [0, 0.1) is 11.3 Å². The predicted molar refractivity (Wildman–Crippen MR) is 121 cm³/mol. The molecule has 0 aromatic carbocycles. The van der Waals surface area contributed by atoms with Crippen LogP contribution in [-0.4, -0.2) is 43.0 Å². The van der Waals surface area contributed by atoms with Gasteiger partial charge in [-0.05, 0) is 46.5 Å². The molecule has 178 valence electrons. The van der Waals surface area contributed by atoms with Crippen molar-refractivity contribution in [1.29, 1.82) is 0 Å². The van der Waals surface area contributed by atoms with E-state index in [0.29, 0.717) is 18.8 Å². The lowest BCUT2D eigenvalue weighted by Gasteiger charge is -2.31. The highest BCUT2D eigenvalue weighted by atomic mass is 16.7. The van der Waals surface area contributed by atoms with Crippen molar-refractivity contribution in [3.63, 3.8) is 0 Å². The first-order valence-corrected chi connectivity index (χ1v) is 11.6. The number of hydrogen-bond donors (Lipinski definition) is 2. The van der Waals surface area contributed by atoms with E-state index in [1.807, 2.05) is 27.7 Å². The second-order valence-corrected chi connectivity index (χ2v) is 9.65. The van der Waals surface area contributed by atoms with Crippen molar-refractivity contribution in [3.8, 4) is 0 Å². The SMILES string of the molecule is CCCCCC(CCCCC(CCC)(CC(=O)NC(C)(C)C)C(=O)O)C(OC)OC. The fourth-order valence-electron chi connectivity index (χ4n) is 4.26. The number of carbonyl (C=O) groups is 2. The first-order valence-electron chi connectivity index (χ1n) is 11.6. The fraction of sp³-hybridized carbons (Fsp3) is 0.917. The second kappa shape index (κ2) is 14.8. The molecule has 0 aliphatic heterocycles. The van der Waals surface area contributed by atoms with E-state index in [9.17, 15) is 14.7 Å². The fourth-order valence-corrected chi connectivity index (χ4v) is 4.26.